The number of nitrogens with two attached hydrogens (primary N) is 2. The van der Waals surface area contributed by atoms with Crippen molar-refractivity contribution in [1.82, 2.24) is 50.2 Å². The van der Waals surface area contributed by atoms with Crippen LogP contribution in [0.5, 0.6) is 11.5 Å². The molecule has 23 heteroatoms. The molecule has 6 aliphatic rings. The maximum atomic E-state index is 16.8. The van der Waals surface area contributed by atoms with Crippen LogP contribution in [0.3, 0.4) is 0 Å². The summed E-state index contributed by atoms with van der Waals surface area (Å²) in [5.74, 6) is 19.1. The summed E-state index contributed by atoms with van der Waals surface area (Å²) >= 11 is 0. The third-order valence-corrected chi connectivity index (χ3v) is 22.0. The van der Waals surface area contributed by atoms with Gasteiger partial charge in [0.25, 0.3) is 0 Å². The average molecular weight is 1380 g/mol. The van der Waals surface area contributed by atoms with Gasteiger partial charge in [-0.2, -0.15) is 26.3 Å². The number of nitrogens with zero attached hydrogens (tertiary/aromatic N) is 8. The molecule has 6 aromatic rings. The number of nitrogen functional groups attached to an aromatic ring is 2. The second-order valence-electron chi connectivity index (χ2n) is 28.8. The van der Waals surface area contributed by atoms with Gasteiger partial charge in [0, 0.05) is 98.5 Å². The highest BCUT2D eigenvalue weighted by molar-refractivity contribution is 5.93. The fourth-order valence-corrected chi connectivity index (χ4v) is 16.6. The van der Waals surface area contributed by atoms with Gasteiger partial charge in [-0.05, 0) is 225 Å². The molecular weight excluding hydrogens is 1280 g/mol. The molecule has 0 bridgehead atoms. The number of carbonyl (C=O) groups excluding carboxylic acids is 1. The number of benzene rings is 4. The topological polar surface area (TPSA) is 200 Å². The Balaban J connectivity index is 0.829. The summed E-state index contributed by atoms with van der Waals surface area (Å²) < 4.78 is 96.5. The lowest BCUT2D eigenvalue weighted by molar-refractivity contribution is -0.138. The monoisotopic (exact) mass is 1380 g/mol. The Morgan fingerprint density at radius 2 is 0.900 bits per heavy atom. The molecule has 4 aliphatic heterocycles. The number of alkyl halides is 6. The quantitative estimate of drug-likeness (QED) is 0.0269. The van der Waals surface area contributed by atoms with Gasteiger partial charge in [-0.15, -0.1) is 0 Å². The Kier molecular flexibility index (Phi) is 23.0. The first kappa shape index (κ1) is 72.3. The van der Waals surface area contributed by atoms with E-state index in [0.717, 1.165) is 202 Å². The second kappa shape index (κ2) is 31.8. The molecule has 2 unspecified atom stereocenters. The lowest BCUT2D eigenvalue weighted by Gasteiger charge is -2.48. The van der Waals surface area contributed by atoms with Gasteiger partial charge in [0.15, 0.2) is 5.78 Å². The van der Waals surface area contributed by atoms with Gasteiger partial charge in [-0.25, -0.2) is 19.9 Å². The average Bonchev–Trinajstić information content (AvgIpc) is 0.773. The first-order valence-corrected chi connectivity index (χ1v) is 36.1. The number of ether oxygens (including phenoxy) is 2. The van der Waals surface area contributed by atoms with Crippen LogP contribution in [-0.2, 0) is 17.1 Å². The number of piperazine rings is 2. The van der Waals surface area contributed by atoms with E-state index in [1.54, 1.807) is 54.0 Å². The molecule has 4 saturated heterocycles. The summed E-state index contributed by atoms with van der Waals surface area (Å²) in [6, 6.07) is 13.5. The Labute approximate surface area is 584 Å². The van der Waals surface area contributed by atoms with Crippen molar-refractivity contribution in [3.8, 4) is 35.2 Å². The molecule has 0 spiro atoms. The highest BCUT2D eigenvalue weighted by Crippen LogP contribution is 2.48. The fraction of sp³-hybridized carbons (Fsp3) is 0.571. The standard InChI is InChI=1S/C77H98F6N14O3/c1-47(57-37-59(76(78,79)80)41-61(84)39-57)88-74-65-43-63(69(99-5)45-67(65)90-49(3)92-74)53-11-15-55(16-12-53)71(96-33-29-94(30-34-96)27-7-9-51-19-23-86-24-20-51)73(98)72(97-35-31-95(32-36-97)28-8-10-52-21-25-87-26-22-52)56-17-13-54(14-18-56)64-44-66-68(46-70(64)100-6)91-50(4)93-75(66)89-48(2)58-38-60(77(81,82)83)42-62(85)40-58/h37-48,51-56,71-72,86-87H,11-36,84-85H2,1-6H3,(H,88,90,92)(H,89,91,93)/t47-,48-,53?,54?,55?,56?,71?,72?/m1/s1. The Morgan fingerprint density at radius 3 is 1.25 bits per heavy atom. The van der Waals surface area contributed by atoms with Crippen LogP contribution in [-0.4, -0.2) is 163 Å². The van der Waals surface area contributed by atoms with Crippen LogP contribution in [0.1, 0.15) is 160 Å². The first-order valence-electron chi connectivity index (χ1n) is 36.1. The zero-order chi connectivity index (χ0) is 70.4. The number of anilines is 4. The van der Waals surface area contributed by atoms with Crippen LogP contribution in [0, 0.1) is 61.2 Å². The van der Waals surface area contributed by atoms with Gasteiger partial charge in [0.05, 0.1) is 73.6 Å². The summed E-state index contributed by atoms with van der Waals surface area (Å²) in [6.07, 6.45) is 1.59. The van der Waals surface area contributed by atoms with E-state index in [2.05, 4.69) is 76.7 Å². The Bertz CT molecular complexity index is 3720. The van der Waals surface area contributed by atoms with Gasteiger partial charge in [-0.1, -0.05) is 23.7 Å². The van der Waals surface area contributed by atoms with Crippen LogP contribution in [0.25, 0.3) is 21.8 Å². The van der Waals surface area contributed by atoms with Crippen molar-refractivity contribution < 1.29 is 40.6 Å². The zero-order valence-electron chi connectivity index (χ0n) is 58.7. The summed E-state index contributed by atoms with van der Waals surface area (Å²) in [7, 11) is 3.34. The SMILES string of the molecule is COc1cc2nc(C)nc(N[C@H](C)c3cc(N)cc(C(F)(F)F)c3)c2cc1C1CCC(C(C(=O)C(C2CCC(c3cc4c(N[C@H](C)c5cc(N)cc(C(F)(F)F)c5)nc(C)nc4cc3OC)CC2)N2CCN(CC#CC3CCNCC3)CC2)N2CCN(CC#CC3CCNCC3)CC2)CC1. The molecular formula is C77H98F6N14O3. The second-order valence-corrected chi connectivity index (χ2v) is 28.8. The maximum Gasteiger partial charge on any atom is 0.416 e. The molecule has 17 nitrogen and oxygen atoms in total. The minimum atomic E-state index is -4.57. The van der Waals surface area contributed by atoms with Crippen LogP contribution >= 0.6 is 0 Å². The van der Waals surface area contributed by atoms with E-state index >= 15 is 4.79 Å². The van der Waals surface area contributed by atoms with E-state index in [0.29, 0.717) is 87.7 Å². The molecule has 100 heavy (non-hydrogen) atoms. The predicted octanol–water partition coefficient (Wildman–Crippen LogP) is 12.6. The van der Waals surface area contributed by atoms with E-state index in [9.17, 15) is 26.3 Å². The predicted molar refractivity (Wildman–Crippen MR) is 382 cm³/mol. The number of methoxy groups -OCH3 is 2. The highest BCUT2D eigenvalue weighted by Gasteiger charge is 2.46. The van der Waals surface area contributed by atoms with Crippen molar-refractivity contribution in [2.24, 2.45) is 23.7 Å². The van der Waals surface area contributed by atoms with Crippen LogP contribution in [0.4, 0.5) is 49.4 Å². The molecule has 4 atom stereocenters. The van der Waals surface area contributed by atoms with Gasteiger partial charge in [0.2, 0.25) is 0 Å². The van der Waals surface area contributed by atoms with E-state index in [1.807, 2.05) is 12.1 Å². The number of aromatic nitrogens is 4. The smallest absolute Gasteiger partial charge is 0.416 e. The minimum absolute atomic E-state index is 0.0179. The largest absolute Gasteiger partial charge is 0.496 e. The summed E-state index contributed by atoms with van der Waals surface area (Å²) in [5.41, 5.74) is 14.5. The molecule has 2 aliphatic carbocycles. The van der Waals surface area contributed by atoms with E-state index in [1.165, 1.54) is 0 Å². The number of Topliss-reactive ketones (excluding diaryl/α,β-unsaturated/α-hetero) is 1. The number of halogens is 6. The lowest BCUT2D eigenvalue weighted by atomic mass is 9.70. The van der Waals surface area contributed by atoms with Gasteiger partial charge in [0.1, 0.15) is 34.8 Å². The number of hydrogen-bond acceptors (Lipinski definition) is 17. The minimum Gasteiger partial charge on any atom is -0.496 e. The summed E-state index contributed by atoms with van der Waals surface area (Å²) in [4.78, 5) is 46.0. The number of carbonyl (C=O) groups is 1. The van der Waals surface area contributed by atoms with Crippen LogP contribution < -0.4 is 42.2 Å². The van der Waals surface area contributed by atoms with E-state index in [4.69, 9.17) is 40.9 Å². The van der Waals surface area contributed by atoms with Gasteiger partial charge >= 0.3 is 12.4 Å². The number of rotatable bonds is 18. The van der Waals surface area contributed by atoms with Crippen molar-refractivity contribution in [2.45, 2.75) is 153 Å². The third kappa shape index (κ3) is 17.3. The highest BCUT2D eigenvalue weighted by atomic mass is 19.4. The van der Waals surface area contributed by atoms with Crippen molar-refractivity contribution in [3.05, 3.63) is 106 Å². The van der Waals surface area contributed by atoms with E-state index < -0.39 is 35.6 Å². The normalized spacial score (nSPS) is 22.6. The molecule has 2 saturated carbocycles. The molecule has 8 N–H and O–H groups in total. The molecule has 4 aromatic carbocycles. The van der Waals surface area contributed by atoms with Gasteiger partial charge in [-0.3, -0.25) is 24.4 Å². The third-order valence-electron chi connectivity index (χ3n) is 22.0. The summed E-state index contributed by atoms with van der Waals surface area (Å²) in [5, 5.41) is 15.2. The van der Waals surface area contributed by atoms with Crippen molar-refractivity contribution in [3.63, 3.8) is 0 Å². The summed E-state index contributed by atoms with van der Waals surface area (Å²) in [6.45, 7) is 18.8. The number of piperidine rings is 2. The molecule has 536 valence electrons. The number of aryl methyl sites for hydroxylation is 2. The number of hydrogen-bond donors (Lipinski definition) is 6. The van der Waals surface area contributed by atoms with Crippen molar-refractivity contribution >= 4 is 50.6 Å². The number of ketones is 1. The Hall–Kier alpha value is -7.51. The Morgan fingerprint density at radius 1 is 0.530 bits per heavy atom. The van der Waals surface area contributed by atoms with Crippen LogP contribution in [0.15, 0.2) is 60.7 Å². The molecule has 2 aromatic heterocycles. The van der Waals surface area contributed by atoms with Crippen molar-refractivity contribution in [1.29, 1.82) is 0 Å². The van der Waals surface area contributed by atoms with Gasteiger partial charge < -0.3 is 42.2 Å². The fourth-order valence-electron chi connectivity index (χ4n) is 16.6. The molecule has 0 amide bonds. The molecule has 6 fully saturated rings. The lowest BCUT2D eigenvalue weighted by Crippen LogP contribution is -2.62. The van der Waals surface area contributed by atoms with Crippen LogP contribution in [0.2, 0.25) is 0 Å². The number of fused-ring (bicyclic) bond motifs is 2. The van der Waals surface area contributed by atoms with Crippen molar-refractivity contribution in [2.75, 3.05) is 128 Å². The molecule has 6 heterocycles. The van der Waals surface area contributed by atoms with E-state index in [-0.39, 0.29) is 47.1 Å². The number of nitrogens with one attached hydrogen (secondary N) is 4. The maximum absolute atomic E-state index is 16.8. The molecule has 0 radical (unpaired) electrons. The zero-order valence-corrected chi connectivity index (χ0v) is 58.7. The molecule has 12 rings (SSSR count). The first-order chi connectivity index (χ1) is 48.0.